The summed E-state index contributed by atoms with van der Waals surface area (Å²) in [5, 5.41) is 42.5. The third-order valence-corrected chi connectivity index (χ3v) is 4.01. The van der Waals surface area contributed by atoms with Gasteiger partial charge in [-0.2, -0.15) is 0 Å². The smallest absolute Gasteiger partial charge is 0.287 e. The van der Waals surface area contributed by atoms with Gasteiger partial charge in [-0.15, -0.1) is 0 Å². The van der Waals surface area contributed by atoms with Crippen LogP contribution in [0.4, 0.5) is 5.69 Å². The first-order chi connectivity index (χ1) is 10.6. The topological polar surface area (TPSA) is 113 Å². The molecule has 0 radical (unpaired) electrons. The quantitative estimate of drug-likeness (QED) is 0.415. The number of aromatic amines is 1. The van der Waals surface area contributed by atoms with E-state index in [0.29, 0.717) is 12.4 Å². The average molecular weight is 306 g/mol. The molecule has 0 saturated heterocycles. The number of H-pyrrole nitrogens is 1. The van der Waals surface area contributed by atoms with E-state index in [2.05, 4.69) is 10.3 Å². The van der Waals surface area contributed by atoms with Crippen molar-refractivity contribution in [2.24, 2.45) is 0 Å². The molecule has 0 fully saturated rings. The van der Waals surface area contributed by atoms with E-state index in [1.54, 1.807) is 10.8 Å². The summed E-state index contributed by atoms with van der Waals surface area (Å²) in [5.41, 5.74) is 1.73. The van der Waals surface area contributed by atoms with Gasteiger partial charge in [0.2, 0.25) is 0 Å². The van der Waals surface area contributed by atoms with Crippen molar-refractivity contribution in [1.82, 2.24) is 4.98 Å². The lowest BCUT2D eigenvalue weighted by Crippen LogP contribution is -2.59. The standard InChI is InChI=1S/C15H19N3O4/c19-8-11-12(20)13(21)14(22)15-17-10(7-18(11)15)6-16-9-4-2-1-3-5-9/h1-5,7,11-14,16,19-22H,6,8H2/p+1/t11-,12-,13+,14+/m1/s1. The molecule has 0 saturated carbocycles. The number of rotatable bonds is 4. The minimum Gasteiger partial charge on any atom is -0.392 e. The Labute approximate surface area is 127 Å². The lowest BCUT2D eigenvalue weighted by molar-refractivity contribution is -0.750. The number of aliphatic hydroxyl groups is 4. The van der Waals surface area contributed by atoms with E-state index in [4.69, 9.17) is 0 Å². The Morgan fingerprint density at radius 1 is 1.09 bits per heavy atom. The molecule has 0 aliphatic carbocycles. The second-order valence-corrected chi connectivity index (χ2v) is 5.47. The molecule has 2 heterocycles. The van der Waals surface area contributed by atoms with Crippen LogP contribution in [0, 0.1) is 0 Å². The van der Waals surface area contributed by atoms with Gasteiger partial charge in [0.1, 0.15) is 18.4 Å². The number of hydrogen-bond acceptors (Lipinski definition) is 5. The van der Waals surface area contributed by atoms with Crippen molar-refractivity contribution >= 4 is 5.69 Å². The third-order valence-electron chi connectivity index (χ3n) is 4.01. The number of fused-ring (bicyclic) bond motifs is 1. The Bertz CT molecular complexity index is 631. The molecular formula is C15H20N3O4+. The van der Waals surface area contributed by atoms with Crippen molar-refractivity contribution < 1.29 is 25.0 Å². The molecule has 2 aromatic rings. The Hall–Kier alpha value is -1.93. The zero-order valence-electron chi connectivity index (χ0n) is 11.9. The van der Waals surface area contributed by atoms with Crippen LogP contribution >= 0.6 is 0 Å². The van der Waals surface area contributed by atoms with Gasteiger partial charge in [-0.3, -0.25) is 0 Å². The largest absolute Gasteiger partial charge is 0.392 e. The van der Waals surface area contributed by atoms with E-state index in [9.17, 15) is 20.4 Å². The molecular weight excluding hydrogens is 286 g/mol. The number of aliphatic hydroxyl groups excluding tert-OH is 4. The van der Waals surface area contributed by atoms with E-state index in [-0.39, 0.29) is 6.61 Å². The van der Waals surface area contributed by atoms with Crippen molar-refractivity contribution in [3.63, 3.8) is 0 Å². The number of aromatic nitrogens is 2. The second kappa shape index (κ2) is 6.05. The molecule has 1 aliphatic heterocycles. The summed E-state index contributed by atoms with van der Waals surface area (Å²) in [5.74, 6) is 0.377. The van der Waals surface area contributed by atoms with Crippen LogP contribution in [-0.2, 0) is 6.54 Å². The zero-order valence-corrected chi connectivity index (χ0v) is 11.9. The molecule has 0 spiro atoms. The number of nitrogens with one attached hydrogen (secondary N) is 2. The van der Waals surface area contributed by atoms with Gasteiger partial charge in [0, 0.05) is 5.69 Å². The first kappa shape index (κ1) is 15.0. The number of para-hydroxylation sites is 1. The number of imidazole rings is 1. The van der Waals surface area contributed by atoms with Crippen LogP contribution in [0.25, 0.3) is 0 Å². The monoisotopic (exact) mass is 306 g/mol. The number of nitrogens with zero attached hydrogens (tertiary/aromatic N) is 1. The number of benzene rings is 1. The summed E-state index contributed by atoms with van der Waals surface area (Å²) in [6.07, 6.45) is -2.04. The Kier molecular flexibility index (Phi) is 4.12. The second-order valence-electron chi connectivity index (χ2n) is 5.47. The first-order valence-electron chi connectivity index (χ1n) is 7.18. The normalized spacial score (nSPS) is 27.5. The Morgan fingerprint density at radius 2 is 1.82 bits per heavy atom. The van der Waals surface area contributed by atoms with Crippen LogP contribution in [0.3, 0.4) is 0 Å². The van der Waals surface area contributed by atoms with Crippen molar-refractivity contribution in [3.8, 4) is 0 Å². The molecule has 7 nitrogen and oxygen atoms in total. The van der Waals surface area contributed by atoms with E-state index in [1.807, 2.05) is 30.3 Å². The van der Waals surface area contributed by atoms with Crippen LogP contribution < -0.4 is 9.88 Å². The molecule has 1 aromatic carbocycles. The molecule has 4 atom stereocenters. The predicted molar refractivity (Wildman–Crippen MR) is 77.9 cm³/mol. The highest BCUT2D eigenvalue weighted by Crippen LogP contribution is 2.26. The van der Waals surface area contributed by atoms with Gasteiger partial charge in [-0.05, 0) is 12.1 Å². The summed E-state index contributed by atoms with van der Waals surface area (Å²) in [6.45, 7) is 0.160. The van der Waals surface area contributed by atoms with Gasteiger partial charge in [0.05, 0.1) is 13.2 Å². The van der Waals surface area contributed by atoms with Gasteiger partial charge in [0.15, 0.2) is 17.8 Å². The van der Waals surface area contributed by atoms with E-state index in [0.717, 1.165) is 11.4 Å². The van der Waals surface area contributed by atoms with E-state index >= 15 is 0 Å². The highest BCUT2D eigenvalue weighted by atomic mass is 16.4. The fourth-order valence-corrected chi connectivity index (χ4v) is 2.78. The van der Waals surface area contributed by atoms with Crippen LogP contribution in [0.1, 0.15) is 23.7 Å². The molecule has 0 bridgehead atoms. The van der Waals surface area contributed by atoms with Crippen LogP contribution in [0.5, 0.6) is 0 Å². The fraction of sp³-hybridized carbons (Fsp3) is 0.400. The highest BCUT2D eigenvalue weighted by molar-refractivity contribution is 5.42. The van der Waals surface area contributed by atoms with Gasteiger partial charge in [0.25, 0.3) is 5.82 Å². The summed E-state index contributed by atoms with van der Waals surface area (Å²) >= 11 is 0. The lowest BCUT2D eigenvalue weighted by Gasteiger charge is -2.30. The molecule has 7 heteroatoms. The maximum absolute atomic E-state index is 10.0. The van der Waals surface area contributed by atoms with Crippen molar-refractivity contribution in [1.29, 1.82) is 0 Å². The summed E-state index contributed by atoms with van der Waals surface area (Å²) < 4.78 is 1.59. The summed E-state index contributed by atoms with van der Waals surface area (Å²) in [7, 11) is 0. The summed E-state index contributed by atoms with van der Waals surface area (Å²) in [4.78, 5) is 3.04. The van der Waals surface area contributed by atoms with Gasteiger partial charge in [-0.25, -0.2) is 9.55 Å². The first-order valence-corrected chi connectivity index (χ1v) is 7.18. The van der Waals surface area contributed by atoms with Crippen molar-refractivity contribution in [3.05, 3.63) is 48.0 Å². The van der Waals surface area contributed by atoms with Gasteiger partial charge in [-0.1, -0.05) is 18.2 Å². The highest BCUT2D eigenvalue weighted by Gasteiger charge is 2.46. The van der Waals surface area contributed by atoms with Crippen molar-refractivity contribution in [2.45, 2.75) is 30.9 Å². The lowest BCUT2D eigenvalue weighted by atomic mass is 9.96. The molecule has 1 aromatic heterocycles. The van der Waals surface area contributed by atoms with E-state index < -0.39 is 24.4 Å². The predicted octanol–water partition coefficient (Wildman–Crippen LogP) is -0.784. The molecule has 118 valence electrons. The van der Waals surface area contributed by atoms with Gasteiger partial charge >= 0.3 is 0 Å². The Morgan fingerprint density at radius 3 is 2.50 bits per heavy atom. The molecule has 3 rings (SSSR count). The number of hydrogen-bond donors (Lipinski definition) is 6. The minimum absolute atomic E-state index is 0.327. The Balaban J connectivity index is 1.82. The summed E-state index contributed by atoms with van der Waals surface area (Å²) in [6, 6.07) is 8.97. The average Bonchev–Trinajstić information content (AvgIpc) is 2.96. The molecule has 1 aliphatic rings. The SMILES string of the molecule is OC[C@@H]1[C@@H](O)[C@H](O)[C@H](O)c2[nH]c(CNc3ccccc3)c[n+]21. The maximum atomic E-state index is 10.0. The van der Waals surface area contributed by atoms with Crippen LogP contribution in [0.15, 0.2) is 36.5 Å². The van der Waals surface area contributed by atoms with Crippen LogP contribution in [-0.4, -0.2) is 44.2 Å². The van der Waals surface area contributed by atoms with Crippen LogP contribution in [0.2, 0.25) is 0 Å². The molecule has 6 N–H and O–H groups in total. The molecule has 22 heavy (non-hydrogen) atoms. The number of anilines is 1. The molecule has 0 unspecified atom stereocenters. The van der Waals surface area contributed by atoms with Gasteiger partial charge < -0.3 is 25.7 Å². The van der Waals surface area contributed by atoms with E-state index in [1.165, 1.54) is 0 Å². The third kappa shape index (κ3) is 2.59. The fourth-order valence-electron chi connectivity index (χ4n) is 2.78. The minimum atomic E-state index is -1.33. The maximum Gasteiger partial charge on any atom is 0.287 e. The zero-order chi connectivity index (χ0) is 15.7. The van der Waals surface area contributed by atoms with Crippen molar-refractivity contribution in [2.75, 3.05) is 11.9 Å². The molecule has 0 amide bonds.